The largest absolute Gasteiger partial charge is 0.339 e. The van der Waals surface area contributed by atoms with E-state index < -0.39 is 0 Å². The van der Waals surface area contributed by atoms with Crippen LogP contribution in [0, 0.1) is 5.92 Å². The summed E-state index contributed by atoms with van der Waals surface area (Å²) in [5, 5.41) is 0.909. The van der Waals surface area contributed by atoms with Crippen molar-refractivity contribution >= 4 is 35.0 Å². The molecule has 0 aromatic heterocycles. The molecule has 0 N–H and O–H groups in total. The molecule has 1 aromatic carbocycles. The van der Waals surface area contributed by atoms with E-state index in [0.29, 0.717) is 41.8 Å². The van der Waals surface area contributed by atoms with Crippen LogP contribution in [-0.2, 0) is 4.79 Å². The highest BCUT2D eigenvalue weighted by atomic mass is 35.5. The van der Waals surface area contributed by atoms with Crippen molar-refractivity contribution in [2.24, 2.45) is 5.92 Å². The number of carbonyl (C=O) groups is 2. The lowest BCUT2D eigenvalue weighted by molar-refractivity contribution is -0.136. The van der Waals surface area contributed by atoms with Crippen LogP contribution in [0.5, 0.6) is 0 Å². The summed E-state index contributed by atoms with van der Waals surface area (Å²) < 4.78 is 0. The molecule has 124 valence electrons. The minimum absolute atomic E-state index is 0.0811. The van der Waals surface area contributed by atoms with Crippen molar-refractivity contribution in [2.45, 2.75) is 25.7 Å². The van der Waals surface area contributed by atoms with E-state index in [9.17, 15) is 9.59 Å². The molecule has 1 saturated heterocycles. The fourth-order valence-electron chi connectivity index (χ4n) is 3.42. The molecule has 23 heavy (non-hydrogen) atoms. The van der Waals surface area contributed by atoms with Crippen molar-refractivity contribution in [1.29, 1.82) is 0 Å². The SMILES string of the molecule is O=C(c1cc(Cl)cc(Cl)c1)N1CCN(C(=O)C2CCCC2)CC1. The molecule has 2 fully saturated rings. The maximum absolute atomic E-state index is 12.5. The Balaban J connectivity index is 1.59. The van der Waals surface area contributed by atoms with E-state index in [0.717, 1.165) is 25.7 Å². The predicted molar refractivity (Wildman–Crippen MR) is 90.9 cm³/mol. The van der Waals surface area contributed by atoms with E-state index in [1.54, 1.807) is 23.1 Å². The number of piperazine rings is 1. The van der Waals surface area contributed by atoms with Gasteiger partial charge in [0.25, 0.3) is 5.91 Å². The van der Waals surface area contributed by atoms with Gasteiger partial charge in [0.15, 0.2) is 0 Å². The molecule has 0 spiro atoms. The molecule has 1 heterocycles. The van der Waals surface area contributed by atoms with Crippen LogP contribution >= 0.6 is 23.2 Å². The normalized spacial score (nSPS) is 19.2. The van der Waals surface area contributed by atoms with E-state index in [4.69, 9.17) is 23.2 Å². The highest BCUT2D eigenvalue weighted by Gasteiger charge is 2.30. The third-order valence-electron chi connectivity index (χ3n) is 4.69. The molecule has 0 radical (unpaired) electrons. The molecule has 1 aliphatic carbocycles. The van der Waals surface area contributed by atoms with Gasteiger partial charge in [-0.2, -0.15) is 0 Å². The molecule has 1 aromatic rings. The summed E-state index contributed by atoms with van der Waals surface area (Å²) in [6.07, 6.45) is 4.34. The van der Waals surface area contributed by atoms with Crippen molar-refractivity contribution in [2.75, 3.05) is 26.2 Å². The number of amides is 2. The standard InChI is InChI=1S/C17H20Cl2N2O2/c18-14-9-13(10-15(19)11-14)17(23)21-7-5-20(6-8-21)16(22)12-3-1-2-4-12/h9-12H,1-8H2. The lowest BCUT2D eigenvalue weighted by Gasteiger charge is -2.36. The minimum Gasteiger partial charge on any atom is -0.339 e. The number of hydrogen-bond donors (Lipinski definition) is 0. The topological polar surface area (TPSA) is 40.6 Å². The Hall–Kier alpha value is -1.26. The minimum atomic E-state index is -0.0811. The maximum atomic E-state index is 12.5. The maximum Gasteiger partial charge on any atom is 0.254 e. The number of nitrogens with zero attached hydrogens (tertiary/aromatic N) is 2. The van der Waals surface area contributed by atoms with Crippen LogP contribution in [0.25, 0.3) is 0 Å². The Bertz CT molecular complexity index is 586. The molecular formula is C17H20Cl2N2O2. The fourth-order valence-corrected chi connectivity index (χ4v) is 3.95. The third-order valence-corrected chi connectivity index (χ3v) is 5.13. The zero-order chi connectivity index (χ0) is 16.4. The van der Waals surface area contributed by atoms with Crippen molar-refractivity contribution < 1.29 is 9.59 Å². The summed E-state index contributed by atoms with van der Waals surface area (Å²) in [5.41, 5.74) is 0.498. The van der Waals surface area contributed by atoms with Crippen molar-refractivity contribution in [1.82, 2.24) is 9.80 Å². The lowest BCUT2D eigenvalue weighted by atomic mass is 10.1. The number of rotatable bonds is 2. The van der Waals surface area contributed by atoms with E-state index in [1.165, 1.54) is 0 Å². The molecule has 3 rings (SSSR count). The van der Waals surface area contributed by atoms with Crippen LogP contribution in [0.15, 0.2) is 18.2 Å². The molecule has 0 unspecified atom stereocenters. The van der Waals surface area contributed by atoms with Gasteiger partial charge in [0.1, 0.15) is 0 Å². The Labute approximate surface area is 146 Å². The first-order valence-corrected chi connectivity index (χ1v) is 8.84. The molecule has 2 amide bonds. The van der Waals surface area contributed by atoms with Gasteiger partial charge in [-0.1, -0.05) is 36.0 Å². The average Bonchev–Trinajstić information content (AvgIpc) is 3.07. The Morgan fingerprint density at radius 1 is 0.870 bits per heavy atom. The molecule has 6 heteroatoms. The van der Waals surface area contributed by atoms with Gasteiger partial charge in [0.05, 0.1) is 0 Å². The highest BCUT2D eigenvalue weighted by Crippen LogP contribution is 2.27. The van der Waals surface area contributed by atoms with Gasteiger partial charge in [-0.25, -0.2) is 0 Å². The van der Waals surface area contributed by atoms with E-state index >= 15 is 0 Å². The molecule has 0 atom stereocenters. The van der Waals surface area contributed by atoms with Gasteiger partial charge >= 0.3 is 0 Å². The van der Waals surface area contributed by atoms with Gasteiger partial charge in [-0.15, -0.1) is 0 Å². The molecule has 1 saturated carbocycles. The predicted octanol–water partition coefficient (Wildman–Crippen LogP) is 3.47. The van der Waals surface area contributed by atoms with E-state index in [-0.39, 0.29) is 17.7 Å². The smallest absolute Gasteiger partial charge is 0.254 e. The van der Waals surface area contributed by atoms with Gasteiger partial charge in [-0.3, -0.25) is 9.59 Å². The first-order chi connectivity index (χ1) is 11.0. The number of benzene rings is 1. The van der Waals surface area contributed by atoms with E-state index in [2.05, 4.69) is 0 Å². The summed E-state index contributed by atoms with van der Waals surface area (Å²) in [6, 6.07) is 4.87. The Morgan fingerprint density at radius 2 is 1.39 bits per heavy atom. The van der Waals surface area contributed by atoms with Crippen LogP contribution in [-0.4, -0.2) is 47.8 Å². The van der Waals surface area contributed by atoms with Crippen molar-refractivity contribution in [3.8, 4) is 0 Å². The van der Waals surface area contributed by atoms with Gasteiger partial charge in [-0.05, 0) is 31.0 Å². The van der Waals surface area contributed by atoms with Gasteiger partial charge < -0.3 is 9.80 Å². The molecule has 1 aliphatic heterocycles. The zero-order valence-corrected chi connectivity index (χ0v) is 14.4. The summed E-state index contributed by atoms with van der Waals surface area (Å²) >= 11 is 11.9. The quantitative estimate of drug-likeness (QED) is 0.815. The summed E-state index contributed by atoms with van der Waals surface area (Å²) in [7, 11) is 0. The number of carbonyl (C=O) groups excluding carboxylic acids is 2. The van der Waals surface area contributed by atoms with Crippen LogP contribution in [0.1, 0.15) is 36.0 Å². The Morgan fingerprint density at radius 3 is 1.96 bits per heavy atom. The van der Waals surface area contributed by atoms with Crippen LogP contribution in [0.2, 0.25) is 10.0 Å². The summed E-state index contributed by atoms with van der Waals surface area (Å²) in [4.78, 5) is 28.6. The summed E-state index contributed by atoms with van der Waals surface area (Å²) in [5.74, 6) is 0.381. The zero-order valence-electron chi connectivity index (χ0n) is 12.9. The average molecular weight is 355 g/mol. The Kier molecular flexibility index (Phi) is 5.12. The van der Waals surface area contributed by atoms with Gasteiger partial charge in [0.2, 0.25) is 5.91 Å². The van der Waals surface area contributed by atoms with Crippen molar-refractivity contribution in [3.63, 3.8) is 0 Å². The number of hydrogen-bond acceptors (Lipinski definition) is 2. The second-order valence-electron chi connectivity index (χ2n) is 6.26. The molecule has 0 bridgehead atoms. The molecule has 4 nitrogen and oxygen atoms in total. The lowest BCUT2D eigenvalue weighted by Crippen LogP contribution is -2.51. The van der Waals surface area contributed by atoms with E-state index in [1.807, 2.05) is 4.90 Å². The summed E-state index contributed by atoms with van der Waals surface area (Å²) in [6.45, 7) is 2.33. The number of halogens is 2. The second kappa shape index (κ2) is 7.10. The highest BCUT2D eigenvalue weighted by molar-refractivity contribution is 6.35. The van der Waals surface area contributed by atoms with Crippen molar-refractivity contribution in [3.05, 3.63) is 33.8 Å². The van der Waals surface area contributed by atoms with Gasteiger partial charge in [0, 0.05) is 47.7 Å². The van der Waals surface area contributed by atoms with Crippen LogP contribution in [0.4, 0.5) is 0 Å². The van der Waals surface area contributed by atoms with Crippen LogP contribution in [0.3, 0.4) is 0 Å². The third kappa shape index (κ3) is 3.81. The second-order valence-corrected chi connectivity index (χ2v) is 7.13. The molecular weight excluding hydrogens is 335 g/mol. The first-order valence-electron chi connectivity index (χ1n) is 8.09. The molecule has 2 aliphatic rings. The van der Waals surface area contributed by atoms with Crippen LogP contribution < -0.4 is 0 Å². The monoisotopic (exact) mass is 354 g/mol. The first kappa shape index (κ1) is 16.6. The fraction of sp³-hybridized carbons (Fsp3) is 0.529.